The van der Waals surface area contributed by atoms with E-state index in [0.29, 0.717) is 66.4 Å². The number of hydrogen-bond acceptors (Lipinski definition) is 7. The summed E-state index contributed by atoms with van der Waals surface area (Å²) in [5, 5.41) is 14.3. The molecule has 0 amide bonds. The summed E-state index contributed by atoms with van der Waals surface area (Å²) in [6, 6.07) is 14.8. The Bertz CT molecular complexity index is 1750. The summed E-state index contributed by atoms with van der Waals surface area (Å²) < 4.78 is 52.7. The molecule has 11 heteroatoms. The van der Waals surface area contributed by atoms with Crippen molar-refractivity contribution >= 4 is 23.4 Å². The third-order valence-corrected chi connectivity index (χ3v) is 7.91. The van der Waals surface area contributed by atoms with Crippen molar-refractivity contribution in [3.8, 4) is 22.9 Å². The van der Waals surface area contributed by atoms with Gasteiger partial charge in [0.1, 0.15) is 23.9 Å². The molecule has 0 radical (unpaired) electrons. The van der Waals surface area contributed by atoms with Crippen molar-refractivity contribution in [2.45, 2.75) is 38.7 Å². The first-order valence-corrected chi connectivity index (χ1v) is 14.3. The second-order valence-corrected chi connectivity index (χ2v) is 11.0. The average Bonchev–Trinajstić information content (AvgIpc) is 3.60. The number of alkyl halides is 2. The van der Waals surface area contributed by atoms with Crippen molar-refractivity contribution < 1.29 is 32.5 Å². The highest BCUT2D eigenvalue weighted by Gasteiger charge is 2.28. The van der Waals surface area contributed by atoms with Crippen LogP contribution in [0.15, 0.2) is 66.4 Å². The number of nitrogens with zero attached hydrogens (tertiary/aromatic N) is 3. The quantitative estimate of drug-likeness (QED) is 0.222. The van der Waals surface area contributed by atoms with Gasteiger partial charge >= 0.3 is 0 Å². The molecule has 4 aromatic rings. The average molecular weight is 605 g/mol. The van der Waals surface area contributed by atoms with Gasteiger partial charge in [0.2, 0.25) is 0 Å². The highest BCUT2D eigenvalue weighted by Crippen LogP contribution is 2.39. The number of aliphatic hydroxyl groups is 1. The Morgan fingerprint density at radius 3 is 2.59 bits per heavy atom. The minimum atomic E-state index is -2.63. The van der Waals surface area contributed by atoms with Crippen LogP contribution in [0.1, 0.15) is 39.9 Å². The van der Waals surface area contributed by atoms with Gasteiger partial charge in [0.25, 0.3) is 6.43 Å². The third-order valence-electron chi connectivity index (χ3n) is 7.91. The summed E-state index contributed by atoms with van der Waals surface area (Å²) in [5.41, 5.74) is 10.8. The predicted molar refractivity (Wildman–Crippen MR) is 161 cm³/mol. The second kappa shape index (κ2) is 12.1. The summed E-state index contributed by atoms with van der Waals surface area (Å²) in [6.45, 7) is 2.21. The fourth-order valence-electron chi connectivity index (χ4n) is 5.61. The zero-order valence-corrected chi connectivity index (χ0v) is 24.0. The monoisotopic (exact) mass is 604 g/mol. The number of hydrogen-bond donors (Lipinski definition) is 2. The molecule has 1 saturated heterocycles. The lowest BCUT2D eigenvalue weighted by Crippen LogP contribution is -2.36. The van der Waals surface area contributed by atoms with E-state index in [2.05, 4.69) is 5.10 Å². The van der Waals surface area contributed by atoms with E-state index in [1.165, 1.54) is 23.0 Å². The molecule has 6 rings (SSSR count). The number of aromatic nitrogens is 2. The van der Waals surface area contributed by atoms with E-state index in [1.807, 2.05) is 17.9 Å². The van der Waals surface area contributed by atoms with E-state index >= 15 is 0 Å². The molecular formula is C33H31F3N4O4. The molecule has 3 N–H and O–H groups in total. The highest BCUT2D eigenvalue weighted by molar-refractivity contribution is 6.15. The van der Waals surface area contributed by atoms with Gasteiger partial charge in [-0.25, -0.2) is 17.9 Å². The van der Waals surface area contributed by atoms with E-state index in [9.17, 15) is 23.1 Å². The maximum absolute atomic E-state index is 14.0. The lowest BCUT2D eigenvalue weighted by molar-refractivity contribution is 0.0819. The van der Waals surface area contributed by atoms with Crippen LogP contribution in [-0.4, -0.2) is 52.9 Å². The second-order valence-electron chi connectivity index (χ2n) is 11.0. The number of nitrogens with two attached hydrogens (primary N) is 1. The fraction of sp³-hybridized carbons (Fsp3) is 0.273. The topological polar surface area (TPSA) is 103 Å². The normalized spacial score (nSPS) is 15.0. The molecule has 44 heavy (non-hydrogen) atoms. The smallest absolute Gasteiger partial charge is 0.272 e. The van der Waals surface area contributed by atoms with Crippen LogP contribution in [0.4, 0.5) is 24.7 Å². The summed E-state index contributed by atoms with van der Waals surface area (Å²) in [6.07, 6.45) is 1.59. The van der Waals surface area contributed by atoms with Gasteiger partial charge in [0, 0.05) is 25.1 Å². The Balaban J connectivity index is 1.23. The number of benzene rings is 3. The zero-order valence-electron chi connectivity index (χ0n) is 24.0. The van der Waals surface area contributed by atoms with Gasteiger partial charge in [-0.2, -0.15) is 5.10 Å². The number of rotatable bonds is 9. The molecule has 1 aromatic heterocycles. The van der Waals surface area contributed by atoms with E-state index in [-0.39, 0.29) is 22.9 Å². The number of carbonyl (C=O) groups is 1. The number of fused-ring (bicyclic) bond motifs is 1. The van der Waals surface area contributed by atoms with E-state index in [0.717, 1.165) is 11.1 Å². The summed E-state index contributed by atoms with van der Waals surface area (Å²) in [7, 11) is 0. The van der Waals surface area contributed by atoms with Crippen molar-refractivity contribution in [3.63, 3.8) is 0 Å². The molecule has 2 aliphatic rings. The minimum absolute atomic E-state index is 0.103. The van der Waals surface area contributed by atoms with Crippen molar-refractivity contribution in [2.24, 2.45) is 0 Å². The number of halogens is 3. The predicted octanol–water partition coefficient (Wildman–Crippen LogP) is 6.12. The van der Waals surface area contributed by atoms with Crippen molar-refractivity contribution in [1.82, 2.24) is 9.78 Å². The van der Waals surface area contributed by atoms with Gasteiger partial charge in [-0.15, -0.1) is 0 Å². The first-order valence-electron chi connectivity index (χ1n) is 14.3. The Morgan fingerprint density at radius 1 is 1.09 bits per heavy atom. The standard InChI is InChI=1S/C33H31F3N4O4/c1-19-12-24(44-29-5-3-2-4-26(29)34)6-7-27(19)40-33(37)25(17-38-40)32(42)22-13-20-15-28(39-10-8-23(41)9-11-39)30(16-21(20)14-22)43-18-31(35)36/h2-7,12,14-17,23,31,41H,8-11,13,18,37H2,1H3. The molecule has 8 nitrogen and oxygen atoms in total. The Hall–Kier alpha value is -4.77. The first kappa shape index (κ1) is 29.3. The largest absolute Gasteiger partial charge is 0.485 e. The van der Waals surface area contributed by atoms with Crippen LogP contribution in [0.5, 0.6) is 17.2 Å². The number of ketones is 1. The first-order chi connectivity index (χ1) is 21.2. The molecule has 0 atom stereocenters. The number of aliphatic hydroxyl groups excluding tert-OH is 1. The van der Waals surface area contributed by atoms with Crippen molar-refractivity contribution in [3.05, 3.63) is 94.4 Å². The number of para-hydroxylation sites is 1. The number of ether oxygens (including phenoxy) is 2. The van der Waals surface area contributed by atoms with Crippen LogP contribution in [-0.2, 0) is 6.42 Å². The Morgan fingerprint density at radius 2 is 1.86 bits per heavy atom. The lowest BCUT2D eigenvalue weighted by atomic mass is 10.0. The van der Waals surface area contributed by atoms with Crippen LogP contribution in [0.3, 0.4) is 0 Å². The molecule has 1 fully saturated rings. The van der Waals surface area contributed by atoms with Crippen molar-refractivity contribution in [2.75, 3.05) is 30.3 Å². The summed E-state index contributed by atoms with van der Waals surface area (Å²) >= 11 is 0. The number of carbonyl (C=O) groups excluding carboxylic acids is 1. The van der Waals surface area contributed by atoms with Crippen LogP contribution in [0, 0.1) is 12.7 Å². The number of aryl methyl sites for hydroxylation is 1. The van der Waals surface area contributed by atoms with Crippen LogP contribution in [0.25, 0.3) is 11.8 Å². The molecule has 0 spiro atoms. The van der Waals surface area contributed by atoms with Crippen LogP contribution >= 0.6 is 0 Å². The van der Waals surface area contributed by atoms with Crippen LogP contribution in [0.2, 0.25) is 0 Å². The minimum Gasteiger partial charge on any atom is -0.485 e. The van der Waals surface area contributed by atoms with Crippen molar-refractivity contribution in [1.29, 1.82) is 0 Å². The zero-order chi connectivity index (χ0) is 31.0. The van der Waals surface area contributed by atoms with E-state index in [1.54, 1.807) is 42.5 Å². The van der Waals surface area contributed by atoms with Gasteiger partial charge in [0.05, 0.1) is 29.2 Å². The van der Waals surface area contributed by atoms with Gasteiger partial charge < -0.3 is 25.2 Å². The number of piperidine rings is 1. The molecule has 2 heterocycles. The molecule has 228 valence electrons. The molecule has 0 saturated carbocycles. The number of allylic oxidation sites excluding steroid dienone is 1. The fourth-order valence-corrected chi connectivity index (χ4v) is 5.61. The summed E-state index contributed by atoms with van der Waals surface area (Å²) in [4.78, 5) is 15.7. The maximum Gasteiger partial charge on any atom is 0.272 e. The van der Waals surface area contributed by atoms with Gasteiger partial charge in [0.15, 0.2) is 17.3 Å². The molecule has 1 aliphatic carbocycles. The number of anilines is 2. The molecule has 0 bridgehead atoms. The lowest BCUT2D eigenvalue weighted by Gasteiger charge is -2.33. The SMILES string of the molecule is Cc1cc(Oc2ccccc2F)ccc1-n1ncc(C(=O)C2=Cc3cc(OCC(F)F)c(N4CCC(O)CC4)cc3C2)c1N. The van der Waals surface area contributed by atoms with Gasteiger partial charge in [-0.1, -0.05) is 12.1 Å². The molecule has 1 aliphatic heterocycles. The third kappa shape index (κ3) is 5.87. The molecule has 0 unspecified atom stereocenters. The Labute approximate surface area is 252 Å². The van der Waals surface area contributed by atoms with Gasteiger partial charge in [-0.3, -0.25) is 4.79 Å². The van der Waals surface area contributed by atoms with Crippen LogP contribution < -0.4 is 20.1 Å². The number of Topliss-reactive ketones (excluding diaryl/α,β-unsaturated/α-hetero) is 1. The number of nitrogen functional groups attached to an aromatic ring is 1. The molecular weight excluding hydrogens is 573 g/mol. The summed E-state index contributed by atoms with van der Waals surface area (Å²) in [5.74, 6) is 0.244. The van der Waals surface area contributed by atoms with Gasteiger partial charge in [-0.05, 0) is 85.0 Å². The highest BCUT2D eigenvalue weighted by atomic mass is 19.3. The van der Waals surface area contributed by atoms with E-state index < -0.39 is 25.0 Å². The maximum atomic E-state index is 14.0. The Kier molecular flexibility index (Phi) is 8.05. The van der Waals surface area contributed by atoms with E-state index in [4.69, 9.17) is 15.2 Å². The molecule has 3 aromatic carbocycles.